The fourth-order valence-electron chi connectivity index (χ4n) is 3.95. The summed E-state index contributed by atoms with van der Waals surface area (Å²) in [4.78, 5) is 14.7. The molecule has 142 valence electrons. The van der Waals surface area contributed by atoms with Gasteiger partial charge < -0.3 is 14.7 Å². The molecule has 0 aliphatic carbocycles. The summed E-state index contributed by atoms with van der Waals surface area (Å²) in [5, 5.41) is 12.6. The van der Waals surface area contributed by atoms with Crippen LogP contribution in [0.5, 0.6) is 11.5 Å². The van der Waals surface area contributed by atoms with Crippen LogP contribution in [0.4, 0.5) is 5.69 Å². The van der Waals surface area contributed by atoms with Crippen LogP contribution >= 0.6 is 11.6 Å². The number of hydrogen-bond acceptors (Lipinski definition) is 3. The van der Waals surface area contributed by atoms with Gasteiger partial charge in [-0.15, -0.1) is 0 Å². The summed E-state index contributed by atoms with van der Waals surface area (Å²) in [6.07, 6.45) is 0.305. The van der Waals surface area contributed by atoms with E-state index in [-0.39, 0.29) is 24.1 Å². The highest BCUT2D eigenvalue weighted by Gasteiger charge is 2.34. The van der Waals surface area contributed by atoms with Crippen LogP contribution in [0, 0.1) is 0 Å². The molecule has 1 atom stereocenters. The maximum absolute atomic E-state index is 13.0. The first kappa shape index (κ1) is 18.4. The van der Waals surface area contributed by atoms with Crippen molar-refractivity contribution in [2.75, 3.05) is 18.6 Å². The second-order valence-corrected chi connectivity index (χ2v) is 7.44. The first-order chi connectivity index (χ1) is 13.5. The number of nitrogens with zero attached hydrogens (tertiary/aromatic N) is 1. The average molecular weight is 394 g/mol. The Morgan fingerprint density at radius 2 is 2.04 bits per heavy atom. The molecule has 0 radical (unpaired) electrons. The number of methoxy groups -OCH3 is 1. The van der Waals surface area contributed by atoms with Gasteiger partial charge in [0, 0.05) is 23.1 Å². The van der Waals surface area contributed by atoms with Crippen LogP contribution in [0.15, 0.2) is 66.2 Å². The largest absolute Gasteiger partial charge is 0.504 e. The number of phenols is 1. The van der Waals surface area contributed by atoms with Crippen molar-refractivity contribution in [3.63, 3.8) is 0 Å². The first-order valence-electron chi connectivity index (χ1n) is 9.01. The van der Waals surface area contributed by atoms with Crippen molar-refractivity contribution in [3.05, 3.63) is 77.3 Å². The van der Waals surface area contributed by atoms with Gasteiger partial charge in [-0.1, -0.05) is 54.6 Å². The predicted molar refractivity (Wildman–Crippen MR) is 112 cm³/mol. The molecule has 0 aromatic heterocycles. The Bertz CT molecular complexity index is 1090. The van der Waals surface area contributed by atoms with Crippen LogP contribution in [0.3, 0.4) is 0 Å². The molecule has 0 spiro atoms. The molecule has 3 aromatic carbocycles. The summed E-state index contributed by atoms with van der Waals surface area (Å²) in [5.41, 5.74) is 2.84. The molecular weight excluding hydrogens is 374 g/mol. The van der Waals surface area contributed by atoms with Crippen LogP contribution in [0.1, 0.15) is 23.5 Å². The molecule has 3 aromatic rings. The number of phenolic OH excluding ortho intramolecular Hbond substituents is 1. The molecule has 1 heterocycles. The van der Waals surface area contributed by atoms with E-state index in [2.05, 4.69) is 18.7 Å². The molecule has 0 fully saturated rings. The lowest BCUT2D eigenvalue weighted by Crippen LogP contribution is -2.37. The quantitative estimate of drug-likeness (QED) is 0.664. The minimum absolute atomic E-state index is 0.0124. The summed E-state index contributed by atoms with van der Waals surface area (Å²) < 4.78 is 5.28. The van der Waals surface area contributed by atoms with E-state index in [0.29, 0.717) is 17.2 Å². The van der Waals surface area contributed by atoms with Gasteiger partial charge in [0.05, 0.1) is 13.7 Å². The normalized spacial score (nSPS) is 16.1. The number of amides is 1. The zero-order valence-corrected chi connectivity index (χ0v) is 16.2. The van der Waals surface area contributed by atoms with Crippen molar-refractivity contribution >= 4 is 34.0 Å². The molecular formula is C23H20ClNO3. The van der Waals surface area contributed by atoms with Crippen LogP contribution < -0.4 is 9.64 Å². The Kier molecular flexibility index (Phi) is 4.73. The Morgan fingerprint density at radius 1 is 1.25 bits per heavy atom. The van der Waals surface area contributed by atoms with Crippen LogP contribution in [0.2, 0.25) is 0 Å². The van der Waals surface area contributed by atoms with Gasteiger partial charge in [-0.3, -0.25) is 4.79 Å². The van der Waals surface area contributed by atoms with Crippen LogP contribution in [-0.4, -0.2) is 24.7 Å². The Labute approximate surface area is 168 Å². The average Bonchev–Trinajstić information content (AvgIpc) is 2.69. The molecule has 5 heteroatoms. The molecule has 4 nitrogen and oxygen atoms in total. The van der Waals surface area contributed by atoms with E-state index >= 15 is 0 Å². The smallest absolute Gasteiger partial charge is 0.228 e. The lowest BCUT2D eigenvalue weighted by Gasteiger charge is -2.35. The highest BCUT2D eigenvalue weighted by molar-refractivity contribution is 6.30. The minimum atomic E-state index is -0.150. The van der Waals surface area contributed by atoms with E-state index < -0.39 is 0 Å². The Balaban J connectivity index is 1.96. The van der Waals surface area contributed by atoms with Crippen molar-refractivity contribution < 1.29 is 14.6 Å². The molecule has 28 heavy (non-hydrogen) atoms. The zero-order valence-electron chi connectivity index (χ0n) is 15.5. The summed E-state index contributed by atoms with van der Waals surface area (Å²) >= 11 is 6.04. The van der Waals surface area contributed by atoms with Crippen molar-refractivity contribution in [2.24, 2.45) is 0 Å². The number of rotatable bonds is 4. The van der Waals surface area contributed by atoms with E-state index in [1.165, 1.54) is 7.11 Å². The molecule has 1 amide bonds. The highest BCUT2D eigenvalue weighted by atomic mass is 35.5. The van der Waals surface area contributed by atoms with Crippen molar-refractivity contribution in [3.8, 4) is 11.5 Å². The van der Waals surface area contributed by atoms with Gasteiger partial charge >= 0.3 is 0 Å². The summed E-state index contributed by atoms with van der Waals surface area (Å²) in [6.45, 7) is 4.03. The van der Waals surface area contributed by atoms with Crippen molar-refractivity contribution in [2.45, 2.75) is 12.3 Å². The number of halogens is 1. The maximum Gasteiger partial charge on any atom is 0.228 e. The second-order valence-electron chi connectivity index (χ2n) is 6.90. The number of anilines is 1. The zero-order chi connectivity index (χ0) is 19.8. The molecule has 1 aliphatic heterocycles. The molecule has 1 aliphatic rings. The third kappa shape index (κ3) is 3.10. The highest BCUT2D eigenvalue weighted by Crippen LogP contribution is 2.45. The first-order valence-corrected chi connectivity index (χ1v) is 9.39. The molecule has 1 N–H and O–H groups in total. The molecule has 0 saturated carbocycles. The van der Waals surface area contributed by atoms with Gasteiger partial charge in [0.25, 0.3) is 0 Å². The topological polar surface area (TPSA) is 49.8 Å². The third-order valence-electron chi connectivity index (χ3n) is 5.20. The van der Waals surface area contributed by atoms with Gasteiger partial charge in [-0.25, -0.2) is 0 Å². The van der Waals surface area contributed by atoms with Gasteiger partial charge in [0.2, 0.25) is 5.91 Å². The van der Waals surface area contributed by atoms with E-state index in [0.717, 1.165) is 27.6 Å². The molecule has 0 saturated heterocycles. The fourth-order valence-corrected chi connectivity index (χ4v) is 4.07. The second kappa shape index (κ2) is 7.21. The summed E-state index contributed by atoms with van der Waals surface area (Å²) in [6, 6.07) is 17.4. The summed E-state index contributed by atoms with van der Waals surface area (Å²) in [7, 11) is 1.52. The monoisotopic (exact) mass is 393 g/mol. The molecule has 4 rings (SSSR count). The molecule has 1 unspecified atom stereocenters. The number of ether oxygens (including phenoxy) is 1. The van der Waals surface area contributed by atoms with Gasteiger partial charge in [0.1, 0.15) is 0 Å². The fraction of sp³-hybridized carbons (Fsp3) is 0.174. The number of fused-ring (bicyclic) bond motifs is 3. The number of carbonyl (C=O) groups is 1. The van der Waals surface area contributed by atoms with Crippen LogP contribution in [0.25, 0.3) is 10.8 Å². The number of aromatic hydroxyl groups is 1. The number of hydrogen-bond donors (Lipinski definition) is 1. The van der Waals surface area contributed by atoms with E-state index in [9.17, 15) is 9.90 Å². The van der Waals surface area contributed by atoms with Gasteiger partial charge in [-0.2, -0.15) is 0 Å². The number of benzene rings is 3. The van der Waals surface area contributed by atoms with Crippen molar-refractivity contribution in [1.82, 2.24) is 0 Å². The Morgan fingerprint density at radius 3 is 2.79 bits per heavy atom. The van der Waals surface area contributed by atoms with Gasteiger partial charge in [-0.05, 0) is 40.1 Å². The Hall–Kier alpha value is -2.98. The molecule has 0 bridgehead atoms. The van der Waals surface area contributed by atoms with E-state index in [1.807, 2.05) is 30.3 Å². The third-order valence-corrected chi connectivity index (χ3v) is 5.32. The van der Waals surface area contributed by atoms with Crippen molar-refractivity contribution in [1.29, 1.82) is 0 Å². The standard InChI is InChI=1S/C23H20ClNO3/c1-14(24)13-25-19-9-7-15-5-3-4-6-17(15)23(19)18(12-22(25)27)16-8-10-20(26)21(11-16)28-2/h3-11,18,26H,1,12-13H2,2H3. The van der Waals surface area contributed by atoms with E-state index in [4.69, 9.17) is 16.3 Å². The minimum Gasteiger partial charge on any atom is -0.504 e. The SMILES string of the molecule is C=C(Cl)CN1C(=O)CC(c2ccc(O)c(OC)c2)c2c1ccc1ccccc21. The lowest BCUT2D eigenvalue weighted by atomic mass is 9.81. The summed E-state index contributed by atoms with van der Waals surface area (Å²) in [5.74, 6) is 0.305. The number of carbonyl (C=O) groups excluding carboxylic acids is 1. The predicted octanol–water partition coefficient (Wildman–Crippen LogP) is 5.18. The lowest BCUT2D eigenvalue weighted by molar-refractivity contribution is -0.119. The van der Waals surface area contributed by atoms with Crippen LogP contribution in [-0.2, 0) is 4.79 Å². The van der Waals surface area contributed by atoms with Gasteiger partial charge in [0.15, 0.2) is 11.5 Å². The van der Waals surface area contributed by atoms with E-state index in [1.54, 1.807) is 17.0 Å². The maximum atomic E-state index is 13.0.